The molecule has 1 aliphatic rings. The van der Waals surface area contributed by atoms with Gasteiger partial charge in [-0.3, -0.25) is 4.79 Å². The summed E-state index contributed by atoms with van der Waals surface area (Å²) in [5.41, 5.74) is 0.367. The Kier molecular flexibility index (Phi) is 5.81. The van der Waals surface area contributed by atoms with Crippen LogP contribution in [0.5, 0.6) is 0 Å². The van der Waals surface area contributed by atoms with Gasteiger partial charge in [0.2, 0.25) is 0 Å². The number of carbonyl (C=O) groups is 1. The van der Waals surface area contributed by atoms with Gasteiger partial charge >= 0.3 is 5.97 Å². The molecule has 1 saturated heterocycles. The topological polar surface area (TPSA) is 61.4 Å². The van der Waals surface area contributed by atoms with E-state index in [0.29, 0.717) is 12.5 Å². The fourth-order valence-corrected chi connectivity index (χ4v) is 3.35. The highest BCUT2D eigenvalue weighted by Gasteiger charge is 2.37. The molecule has 0 atom stereocenters. The molecule has 112 valence electrons. The Morgan fingerprint density at radius 2 is 1.74 bits per heavy atom. The number of hydrogen-bond acceptors (Lipinski definition) is 3. The molecule has 0 radical (unpaired) electrons. The molecule has 1 heterocycles. The van der Waals surface area contributed by atoms with Crippen LogP contribution < -0.4 is 10.6 Å². The van der Waals surface area contributed by atoms with Crippen molar-refractivity contribution in [3.05, 3.63) is 0 Å². The summed E-state index contributed by atoms with van der Waals surface area (Å²) in [5, 5.41) is 15.9. The maximum atomic E-state index is 10.4. The molecule has 0 aromatic heterocycles. The van der Waals surface area contributed by atoms with Crippen molar-refractivity contribution < 1.29 is 9.90 Å². The van der Waals surface area contributed by atoms with Crippen LogP contribution in [0, 0.1) is 0 Å². The molecule has 0 saturated carbocycles. The minimum atomic E-state index is -0.685. The second-order valence-corrected chi connectivity index (χ2v) is 7.16. The summed E-state index contributed by atoms with van der Waals surface area (Å²) in [5.74, 6) is -0.685. The van der Waals surface area contributed by atoms with Crippen LogP contribution in [0.25, 0.3) is 0 Å². The van der Waals surface area contributed by atoms with Gasteiger partial charge in [0.05, 0.1) is 0 Å². The minimum Gasteiger partial charge on any atom is -0.481 e. The standard InChI is InChI=1S/C15H30N2O2/c1-14(2)10-12(11-15(3,4)17-14)16-9-7-5-6-8-13(18)19/h12,16-17H,5-11H2,1-4H3,(H,18,19). The molecular weight excluding hydrogens is 240 g/mol. The van der Waals surface area contributed by atoms with E-state index in [1.165, 1.54) is 0 Å². The summed E-state index contributed by atoms with van der Waals surface area (Å²) in [6.07, 6.45) is 5.44. The largest absolute Gasteiger partial charge is 0.481 e. The third-order valence-corrected chi connectivity index (χ3v) is 3.69. The first-order chi connectivity index (χ1) is 8.70. The van der Waals surface area contributed by atoms with E-state index in [1.807, 2.05) is 0 Å². The molecule has 0 aromatic rings. The second-order valence-electron chi connectivity index (χ2n) is 7.16. The predicted octanol–water partition coefficient (Wildman–Crippen LogP) is 2.53. The fourth-order valence-electron chi connectivity index (χ4n) is 3.35. The third-order valence-electron chi connectivity index (χ3n) is 3.69. The second kappa shape index (κ2) is 6.71. The van der Waals surface area contributed by atoms with Crippen molar-refractivity contribution in [1.82, 2.24) is 10.6 Å². The molecule has 3 N–H and O–H groups in total. The van der Waals surface area contributed by atoms with Gasteiger partial charge in [-0.15, -0.1) is 0 Å². The minimum absolute atomic E-state index is 0.183. The maximum Gasteiger partial charge on any atom is 0.303 e. The first kappa shape index (κ1) is 16.4. The fraction of sp³-hybridized carbons (Fsp3) is 0.933. The first-order valence-electron chi connectivity index (χ1n) is 7.45. The van der Waals surface area contributed by atoms with Gasteiger partial charge in [-0.25, -0.2) is 0 Å². The Labute approximate surface area is 117 Å². The van der Waals surface area contributed by atoms with Crippen molar-refractivity contribution in [3.8, 4) is 0 Å². The van der Waals surface area contributed by atoms with Crippen LogP contribution in [-0.2, 0) is 4.79 Å². The first-order valence-corrected chi connectivity index (χ1v) is 7.45. The van der Waals surface area contributed by atoms with Gasteiger partial charge in [-0.05, 0) is 59.9 Å². The molecule has 0 bridgehead atoms. The van der Waals surface area contributed by atoms with Gasteiger partial charge in [0, 0.05) is 23.5 Å². The van der Waals surface area contributed by atoms with Gasteiger partial charge in [0.15, 0.2) is 0 Å². The van der Waals surface area contributed by atoms with Crippen LogP contribution in [-0.4, -0.2) is 34.7 Å². The van der Waals surface area contributed by atoms with Crippen LogP contribution >= 0.6 is 0 Å². The van der Waals surface area contributed by atoms with Crippen molar-refractivity contribution in [2.75, 3.05) is 6.54 Å². The van der Waals surface area contributed by atoms with Gasteiger partial charge in [0.1, 0.15) is 0 Å². The lowest BCUT2D eigenvalue weighted by molar-refractivity contribution is -0.137. The zero-order valence-corrected chi connectivity index (χ0v) is 12.9. The number of unbranched alkanes of at least 4 members (excludes halogenated alkanes) is 2. The van der Waals surface area contributed by atoms with E-state index in [1.54, 1.807) is 0 Å². The molecule has 0 amide bonds. The van der Waals surface area contributed by atoms with Crippen LogP contribution in [0.15, 0.2) is 0 Å². The Bertz CT molecular complexity index is 285. The molecule has 0 spiro atoms. The van der Waals surface area contributed by atoms with Crippen molar-refractivity contribution in [2.45, 2.75) is 83.3 Å². The molecule has 1 fully saturated rings. The smallest absolute Gasteiger partial charge is 0.303 e. The summed E-state index contributed by atoms with van der Waals surface area (Å²) in [4.78, 5) is 10.4. The molecule has 1 rings (SSSR count). The summed E-state index contributed by atoms with van der Waals surface area (Å²) >= 11 is 0. The van der Waals surface area contributed by atoms with Crippen molar-refractivity contribution >= 4 is 5.97 Å². The van der Waals surface area contributed by atoms with Gasteiger partial charge in [0.25, 0.3) is 0 Å². The molecular formula is C15H30N2O2. The number of carboxylic acid groups (broad SMARTS) is 1. The van der Waals surface area contributed by atoms with Crippen molar-refractivity contribution in [1.29, 1.82) is 0 Å². The van der Waals surface area contributed by atoms with Gasteiger partial charge in [-0.2, -0.15) is 0 Å². The number of nitrogens with one attached hydrogen (secondary N) is 2. The average Bonchev–Trinajstić information content (AvgIpc) is 2.18. The van der Waals surface area contributed by atoms with E-state index in [2.05, 4.69) is 38.3 Å². The summed E-state index contributed by atoms with van der Waals surface area (Å²) in [6.45, 7) is 10.0. The highest BCUT2D eigenvalue weighted by atomic mass is 16.4. The summed E-state index contributed by atoms with van der Waals surface area (Å²) in [7, 11) is 0. The van der Waals surface area contributed by atoms with E-state index >= 15 is 0 Å². The quantitative estimate of drug-likeness (QED) is 0.622. The Morgan fingerprint density at radius 3 is 2.26 bits per heavy atom. The van der Waals surface area contributed by atoms with E-state index in [9.17, 15) is 4.79 Å². The SMILES string of the molecule is CC1(C)CC(NCCCCCC(=O)O)CC(C)(C)N1. The maximum absolute atomic E-state index is 10.4. The number of aliphatic carboxylic acids is 1. The third kappa shape index (κ3) is 6.92. The zero-order valence-electron chi connectivity index (χ0n) is 12.9. The Balaban J connectivity index is 2.20. The van der Waals surface area contributed by atoms with Crippen molar-refractivity contribution in [3.63, 3.8) is 0 Å². The zero-order chi connectivity index (χ0) is 14.5. The van der Waals surface area contributed by atoms with Crippen LogP contribution in [0.1, 0.15) is 66.2 Å². The molecule has 19 heavy (non-hydrogen) atoms. The summed E-state index contributed by atoms with van der Waals surface area (Å²) in [6, 6.07) is 0.561. The van der Waals surface area contributed by atoms with Gasteiger partial charge < -0.3 is 15.7 Å². The normalized spacial score (nSPS) is 22.3. The monoisotopic (exact) mass is 270 g/mol. The van der Waals surface area contributed by atoms with E-state index in [-0.39, 0.29) is 11.1 Å². The van der Waals surface area contributed by atoms with E-state index in [0.717, 1.165) is 38.6 Å². The van der Waals surface area contributed by atoms with Crippen LogP contribution in [0.2, 0.25) is 0 Å². The molecule has 0 unspecified atom stereocenters. The van der Waals surface area contributed by atoms with E-state index in [4.69, 9.17) is 5.11 Å². The summed E-state index contributed by atoms with van der Waals surface area (Å²) < 4.78 is 0. The molecule has 4 nitrogen and oxygen atoms in total. The average molecular weight is 270 g/mol. The number of piperidine rings is 1. The predicted molar refractivity (Wildman–Crippen MR) is 78.4 cm³/mol. The number of hydrogen-bond donors (Lipinski definition) is 3. The molecule has 0 aromatic carbocycles. The number of rotatable bonds is 7. The molecule has 1 aliphatic heterocycles. The Hall–Kier alpha value is -0.610. The lowest BCUT2D eigenvalue weighted by atomic mass is 9.79. The highest BCUT2D eigenvalue weighted by Crippen LogP contribution is 2.28. The lowest BCUT2D eigenvalue weighted by Crippen LogP contribution is -2.61. The Morgan fingerprint density at radius 1 is 1.16 bits per heavy atom. The van der Waals surface area contributed by atoms with Crippen LogP contribution in [0.3, 0.4) is 0 Å². The van der Waals surface area contributed by atoms with Gasteiger partial charge in [-0.1, -0.05) is 6.42 Å². The molecule has 4 heteroatoms. The highest BCUT2D eigenvalue weighted by molar-refractivity contribution is 5.66. The van der Waals surface area contributed by atoms with E-state index < -0.39 is 5.97 Å². The number of carboxylic acids is 1. The van der Waals surface area contributed by atoms with Crippen molar-refractivity contribution in [2.24, 2.45) is 0 Å². The molecule has 0 aliphatic carbocycles. The van der Waals surface area contributed by atoms with Crippen LogP contribution in [0.4, 0.5) is 0 Å². The lowest BCUT2D eigenvalue weighted by Gasteiger charge is -2.46.